The molecule has 1 saturated heterocycles. The molecule has 126 valence electrons. The molecule has 3 heteroatoms. The highest BCUT2D eigenvalue weighted by Gasteiger charge is 2.29. The molecule has 1 fully saturated rings. The number of likely N-dealkylation sites (tertiary alicyclic amines) is 1. The average molecular weight is 322 g/mol. The number of hydrogen-bond donors (Lipinski definition) is 0. The van der Waals surface area contributed by atoms with Crippen molar-refractivity contribution >= 4 is 5.91 Å². The van der Waals surface area contributed by atoms with Crippen LogP contribution in [0.5, 0.6) is 0 Å². The Bertz CT molecular complexity index is 635. The van der Waals surface area contributed by atoms with Crippen LogP contribution in [0.3, 0.4) is 0 Å². The first kappa shape index (κ1) is 16.7. The number of hydrogen-bond acceptors (Lipinski definition) is 2. The van der Waals surface area contributed by atoms with Gasteiger partial charge in [-0.25, -0.2) is 0 Å². The Morgan fingerprint density at radius 3 is 2.21 bits per heavy atom. The zero-order valence-corrected chi connectivity index (χ0v) is 14.4. The van der Waals surface area contributed by atoms with E-state index in [0.717, 1.165) is 19.5 Å². The van der Waals surface area contributed by atoms with Crippen molar-refractivity contribution < 1.29 is 4.79 Å². The largest absolute Gasteiger partial charge is 0.326 e. The molecule has 0 N–H and O–H groups in total. The van der Waals surface area contributed by atoms with Crippen LogP contribution in [0.25, 0.3) is 0 Å². The van der Waals surface area contributed by atoms with Crippen LogP contribution in [0, 0.1) is 0 Å². The molecule has 1 heterocycles. The van der Waals surface area contributed by atoms with E-state index >= 15 is 0 Å². The Morgan fingerprint density at radius 2 is 1.58 bits per heavy atom. The van der Waals surface area contributed by atoms with E-state index in [1.807, 2.05) is 36.2 Å². The van der Waals surface area contributed by atoms with Gasteiger partial charge in [0.05, 0.1) is 0 Å². The van der Waals surface area contributed by atoms with Crippen molar-refractivity contribution in [3.63, 3.8) is 0 Å². The van der Waals surface area contributed by atoms with Crippen molar-refractivity contribution in [3.8, 4) is 0 Å². The lowest BCUT2D eigenvalue weighted by Gasteiger charge is -2.36. The molecular weight excluding hydrogens is 296 g/mol. The molecule has 24 heavy (non-hydrogen) atoms. The molecule has 2 aromatic carbocycles. The molecule has 1 amide bonds. The van der Waals surface area contributed by atoms with E-state index in [-0.39, 0.29) is 12.1 Å². The minimum atomic E-state index is 0.0528. The summed E-state index contributed by atoms with van der Waals surface area (Å²) in [4.78, 5) is 17.1. The van der Waals surface area contributed by atoms with Crippen molar-refractivity contribution in [1.82, 2.24) is 9.80 Å². The van der Waals surface area contributed by atoms with Crippen LogP contribution in [0.1, 0.15) is 36.6 Å². The first-order valence-electron chi connectivity index (χ1n) is 8.84. The van der Waals surface area contributed by atoms with Crippen molar-refractivity contribution in [2.45, 2.75) is 31.8 Å². The predicted molar refractivity (Wildman–Crippen MR) is 97.5 cm³/mol. The molecule has 0 spiro atoms. The van der Waals surface area contributed by atoms with E-state index in [1.165, 1.54) is 24.0 Å². The van der Waals surface area contributed by atoms with E-state index in [0.29, 0.717) is 6.42 Å². The molecule has 1 unspecified atom stereocenters. The molecule has 2 aromatic rings. The lowest BCUT2D eigenvalue weighted by atomic mass is 10.1. The van der Waals surface area contributed by atoms with Gasteiger partial charge in [-0.2, -0.15) is 0 Å². The Balaban J connectivity index is 1.70. The lowest BCUT2D eigenvalue weighted by Crippen LogP contribution is -2.41. The smallest absolute Gasteiger partial charge is 0.224 e. The van der Waals surface area contributed by atoms with Crippen molar-refractivity contribution in [1.29, 1.82) is 0 Å². The fourth-order valence-electron chi connectivity index (χ4n) is 3.50. The van der Waals surface area contributed by atoms with Gasteiger partial charge in [0.2, 0.25) is 5.91 Å². The Hall–Kier alpha value is -2.13. The Kier molecular flexibility index (Phi) is 5.65. The molecule has 0 aliphatic carbocycles. The van der Waals surface area contributed by atoms with E-state index < -0.39 is 0 Å². The summed E-state index contributed by atoms with van der Waals surface area (Å²) < 4.78 is 0. The summed E-state index contributed by atoms with van der Waals surface area (Å²) in [6.07, 6.45) is 3.84. The molecule has 1 atom stereocenters. The average Bonchev–Trinajstić information content (AvgIpc) is 3.16. The summed E-state index contributed by atoms with van der Waals surface area (Å²) in [7, 11) is 1.95. The summed E-state index contributed by atoms with van der Waals surface area (Å²) in [6.45, 7) is 2.13. The molecule has 3 nitrogen and oxygen atoms in total. The molecular formula is C21H26N2O. The second kappa shape index (κ2) is 8.11. The maximum atomic E-state index is 12.8. The van der Waals surface area contributed by atoms with Crippen LogP contribution >= 0.6 is 0 Å². The summed E-state index contributed by atoms with van der Waals surface area (Å²) in [5, 5.41) is 0. The van der Waals surface area contributed by atoms with Crippen LogP contribution in [0.4, 0.5) is 0 Å². The van der Waals surface area contributed by atoms with Gasteiger partial charge in [0.15, 0.2) is 0 Å². The van der Waals surface area contributed by atoms with Crippen molar-refractivity contribution in [3.05, 3.63) is 71.8 Å². The van der Waals surface area contributed by atoms with Gasteiger partial charge >= 0.3 is 0 Å². The first-order valence-corrected chi connectivity index (χ1v) is 8.84. The van der Waals surface area contributed by atoms with Gasteiger partial charge in [-0.1, -0.05) is 60.7 Å². The van der Waals surface area contributed by atoms with E-state index in [9.17, 15) is 4.79 Å². The van der Waals surface area contributed by atoms with Crippen LogP contribution in [-0.4, -0.2) is 35.8 Å². The number of amides is 1. The highest BCUT2D eigenvalue weighted by atomic mass is 16.2. The minimum absolute atomic E-state index is 0.0528. The van der Waals surface area contributed by atoms with Gasteiger partial charge in [-0.15, -0.1) is 0 Å². The van der Waals surface area contributed by atoms with E-state index in [2.05, 4.69) is 41.3 Å². The summed E-state index contributed by atoms with van der Waals surface area (Å²) in [5.41, 5.74) is 2.42. The zero-order chi connectivity index (χ0) is 16.8. The molecule has 1 aliphatic rings. The molecule has 0 saturated carbocycles. The molecule has 0 bridgehead atoms. The lowest BCUT2D eigenvalue weighted by molar-refractivity contribution is -0.135. The maximum absolute atomic E-state index is 12.8. The fourth-order valence-corrected chi connectivity index (χ4v) is 3.50. The number of rotatable bonds is 6. The first-order chi connectivity index (χ1) is 11.8. The van der Waals surface area contributed by atoms with Gasteiger partial charge in [0.1, 0.15) is 6.17 Å². The number of carbonyl (C=O) groups is 1. The second-order valence-corrected chi connectivity index (χ2v) is 6.52. The topological polar surface area (TPSA) is 23.6 Å². The Morgan fingerprint density at radius 1 is 1.00 bits per heavy atom. The van der Waals surface area contributed by atoms with Crippen LogP contribution in [-0.2, 0) is 11.2 Å². The fraction of sp³-hybridized carbons (Fsp3) is 0.381. The number of carbonyl (C=O) groups excluding carboxylic acids is 1. The SMILES string of the molecule is CN(C(=O)CCc1ccccc1)C(c1ccccc1)N1CCCC1. The summed E-state index contributed by atoms with van der Waals surface area (Å²) in [5.74, 6) is 0.208. The van der Waals surface area contributed by atoms with E-state index in [1.54, 1.807) is 0 Å². The molecule has 3 rings (SSSR count). The second-order valence-electron chi connectivity index (χ2n) is 6.52. The summed E-state index contributed by atoms with van der Waals surface area (Å²) in [6, 6.07) is 20.6. The Labute approximate surface area is 144 Å². The van der Waals surface area contributed by atoms with Gasteiger partial charge in [-0.3, -0.25) is 9.69 Å². The molecule has 0 aromatic heterocycles. The predicted octanol–water partition coefficient (Wildman–Crippen LogP) is 3.87. The third kappa shape index (κ3) is 4.04. The van der Waals surface area contributed by atoms with Crippen molar-refractivity contribution in [2.75, 3.05) is 20.1 Å². The summed E-state index contributed by atoms with van der Waals surface area (Å²) >= 11 is 0. The number of benzene rings is 2. The minimum Gasteiger partial charge on any atom is -0.326 e. The van der Waals surface area contributed by atoms with E-state index in [4.69, 9.17) is 0 Å². The monoisotopic (exact) mass is 322 g/mol. The molecule has 1 aliphatic heterocycles. The third-order valence-corrected chi connectivity index (χ3v) is 4.81. The number of nitrogens with zero attached hydrogens (tertiary/aromatic N) is 2. The van der Waals surface area contributed by atoms with Crippen molar-refractivity contribution in [2.24, 2.45) is 0 Å². The van der Waals surface area contributed by atoms with Crippen LogP contribution in [0.15, 0.2) is 60.7 Å². The van der Waals surface area contributed by atoms with Gasteiger partial charge in [0.25, 0.3) is 0 Å². The van der Waals surface area contributed by atoms with Crippen LogP contribution < -0.4 is 0 Å². The van der Waals surface area contributed by atoms with Gasteiger partial charge in [0, 0.05) is 26.6 Å². The quantitative estimate of drug-likeness (QED) is 0.806. The van der Waals surface area contributed by atoms with Gasteiger partial charge < -0.3 is 4.90 Å². The normalized spacial score (nSPS) is 16.0. The zero-order valence-electron chi connectivity index (χ0n) is 14.4. The maximum Gasteiger partial charge on any atom is 0.224 e. The molecule has 0 radical (unpaired) electrons. The highest BCUT2D eigenvalue weighted by Crippen LogP contribution is 2.28. The third-order valence-electron chi connectivity index (χ3n) is 4.81. The number of aryl methyl sites for hydroxylation is 1. The highest BCUT2D eigenvalue weighted by molar-refractivity contribution is 5.76. The van der Waals surface area contributed by atoms with Crippen LogP contribution in [0.2, 0.25) is 0 Å². The van der Waals surface area contributed by atoms with Gasteiger partial charge in [-0.05, 0) is 30.4 Å². The standard InChI is InChI=1S/C21H26N2O/c1-22(20(24)15-14-18-10-4-2-5-11-18)21(23-16-8-9-17-23)19-12-6-3-7-13-19/h2-7,10-13,21H,8-9,14-17H2,1H3.